The fourth-order valence-electron chi connectivity index (χ4n) is 2.37. The summed E-state index contributed by atoms with van der Waals surface area (Å²) in [5.74, 6) is -1.69. The normalized spacial score (nSPS) is 10.6. The maximum atomic E-state index is 13.7. The summed E-state index contributed by atoms with van der Waals surface area (Å²) in [6.07, 6.45) is 0. The fourth-order valence-corrected chi connectivity index (χ4v) is 2.37. The van der Waals surface area contributed by atoms with Gasteiger partial charge in [-0.25, -0.2) is 13.5 Å². The van der Waals surface area contributed by atoms with Crippen molar-refractivity contribution in [2.75, 3.05) is 12.4 Å². The minimum atomic E-state index is -0.848. The number of hydrogen-bond acceptors (Lipinski definition) is 3. The standard InChI is InChI=1S/C18H15F2N3O2/c1-11-10-16(18(24)21-17-14(19)4-3-5-15(17)20)22-23(11)12-6-8-13(25-2)9-7-12/h3-10H,1-2H3,(H,21,24). The number of ether oxygens (including phenoxy) is 1. The lowest BCUT2D eigenvalue weighted by Gasteiger charge is -2.06. The van der Waals surface area contributed by atoms with E-state index in [-0.39, 0.29) is 5.69 Å². The number of aryl methyl sites for hydroxylation is 1. The monoisotopic (exact) mass is 343 g/mol. The van der Waals surface area contributed by atoms with Gasteiger partial charge in [-0.2, -0.15) is 5.10 Å². The smallest absolute Gasteiger partial charge is 0.276 e. The lowest BCUT2D eigenvalue weighted by atomic mass is 10.2. The van der Waals surface area contributed by atoms with Gasteiger partial charge in [-0.15, -0.1) is 0 Å². The van der Waals surface area contributed by atoms with Crippen molar-refractivity contribution < 1.29 is 18.3 Å². The molecule has 0 saturated carbocycles. The molecule has 0 saturated heterocycles. The van der Waals surface area contributed by atoms with Crippen molar-refractivity contribution in [3.05, 3.63) is 71.6 Å². The number of nitrogens with one attached hydrogen (secondary N) is 1. The minimum absolute atomic E-state index is 0.0518. The molecule has 0 bridgehead atoms. The Morgan fingerprint density at radius 2 is 1.76 bits per heavy atom. The predicted molar refractivity (Wildman–Crippen MR) is 89.2 cm³/mol. The van der Waals surface area contributed by atoms with E-state index in [0.29, 0.717) is 11.4 Å². The summed E-state index contributed by atoms with van der Waals surface area (Å²) in [6, 6.07) is 12.0. The van der Waals surface area contributed by atoms with Crippen molar-refractivity contribution in [3.63, 3.8) is 0 Å². The van der Waals surface area contributed by atoms with E-state index in [1.165, 1.54) is 12.1 Å². The van der Waals surface area contributed by atoms with Gasteiger partial charge in [0.2, 0.25) is 0 Å². The summed E-state index contributed by atoms with van der Waals surface area (Å²) >= 11 is 0. The second-order valence-corrected chi connectivity index (χ2v) is 5.33. The highest BCUT2D eigenvalue weighted by atomic mass is 19.1. The summed E-state index contributed by atoms with van der Waals surface area (Å²) in [4.78, 5) is 12.3. The quantitative estimate of drug-likeness (QED) is 0.785. The van der Waals surface area contributed by atoms with Crippen LogP contribution in [0.5, 0.6) is 5.75 Å². The summed E-state index contributed by atoms with van der Waals surface area (Å²) in [5, 5.41) is 6.43. The van der Waals surface area contributed by atoms with E-state index in [4.69, 9.17) is 4.74 Å². The Morgan fingerprint density at radius 3 is 2.36 bits per heavy atom. The first-order valence-electron chi connectivity index (χ1n) is 7.46. The third-order valence-electron chi connectivity index (χ3n) is 3.64. The average Bonchev–Trinajstić information content (AvgIpc) is 3.00. The lowest BCUT2D eigenvalue weighted by Crippen LogP contribution is -2.15. The van der Waals surface area contributed by atoms with Gasteiger partial charge < -0.3 is 10.1 Å². The van der Waals surface area contributed by atoms with Gasteiger partial charge in [0, 0.05) is 5.69 Å². The van der Waals surface area contributed by atoms with Crippen LogP contribution in [0.15, 0.2) is 48.5 Å². The summed E-state index contributed by atoms with van der Waals surface area (Å²) in [5.41, 5.74) is 0.985. The predicted octanol–water partition coefficient (Wildman–Crippen LogP) is 3.72. The van der Waals surface area contributed by atoms with Crippen LogP contribution in [0.2, 0.25) is 0 Å². The van der Waals surface area contributed by atoms with Gasteiger partial charge in [-0.3, -0.25) is 4.79 Å². The van der Waals surface area contributed by atoms with E-state index in [1.54, 1.807) is 43.0 Å². The Hall–Kier alpha value is -3.22. The number of carbonyl (C=O) groups excluding carboxylic acids is 1. The second kappa shape index (κ2) is 6.72. The van der Waals surface area contributed by atoms with E-state index in [9.17, 15) is 13.6 Å². The van der Waals surface area contributed by atoms with Crippen molar-refractivity contribution in [2.45, 2.75) is 6.92 Å². The van der Waals surface area contributed by atoms with Gasteiger partial charge in [-0.05, 0) is 49.4 Å². The highest BCUT2D eigenvalue weighted by Gasteiger charge is 2.17. The molecule has 0 spiro atoms. The molecule has 2 aromatic carbocycles. The maximum Gasteiger partial charge on any atom is 0.276 e. The third kappa shape index (κ3) is 3.35. The molecule has 3 aromatic rings. The molecule has 25 heavy (non-hydrogen) atoms. The van der Waals surface area contributed by atoms with Crippen molar-refractivity contribution in [1.29, 1.82) is 0 Å². The zero-order chi connectivity index (χ0) is 18.0. The van der Waals surface area contributed by atoms with Gasteiger partial charge >= 0.3 is 0 Å². The Balaban J connectivity index is 1.87. The molecule has 1 heterocycles. The first-order valence-corrected chi connectivity index (χ1v) is 7.46. The van der Waals surface area contributed by atoms with Gasteiger partial charge in [0.1, 0.15) is 23.1 Å². The molecular formula is C18H15F2N3O2. The van der Waals surface area contributed by atoms with Crippen LogP contribution < -0.4 is 10.1 Å². The van der Waals surface area contributed by atoms with Crippen LogP contribution in [-0.2, 0) is 0 Å². The molecule has 0 atom stereocenters. The summed E-state index contributed by atoms with van der Waals surface area (Å²) in [7, 11) is 1.57. The Kier molecular flexibility index (Phi) is 4.47. The Morgan fingerprint density at radius 1 is 1.12 bits per heavy atom. The van der Waals surface area contributed by atoms with Gasteiger partial charge in [0.05, 0.1) is 12.8 Å². The molecule has 1 aromatic heterocycles. The lowest BCUT2D eigenvalue weighted by molar-refractivity contribution is 0.102. The van der Waals surface area contributed by atoms with Crippen molar-refractivity contribution in [2.24, 2.45) is 0 Å². The molecule has 0 unspecified atom stereocenters. The summed E-state index contributed by atoms with van der Waals surface area (Å²) in [6.45, 7) is 1.78. The molecular weight excluding hydrogens is 328 g/mol. The number of anilines is 1. The highest BCUT2D eigenvalue weighted by Crippen LogP contribution is 2.20. The van der Waals surface area contributed by atoms with E-state index in [0.717, 1.165) is 17.8 Å². The van der Waals surface area contributed by atoms with Crippen LogP contribution in [0, 0.1) is 18.6 Å². The van der Waals surface area contributed by atoms with Crippen molar-refractivity contribution >= 4 is 11.6 Å². The average molecular weight is 343 g/mol. The minimum Gasteiger partial charge on any atom is -0.497 e. The van der Waals surface area contributed by atoms with Crippen LogP contribution in [0.1, 0.15) is 16.2 Å². The number of benzene rings is 2. The molecule has 128 valence electrons. The van der Waals surface area contributed by atoms with Crippen LogP contribution in [0.3, 0.4) is 0 Å². The number of amides is 1. The molecule has 0 aliphatic carbocycles. The fraction of sp³-hybridized carbons (Fsp3) is 0.111. The van der Waals surface area contributed by atoms with Gasteiger partial charge in [-0.1, -0.05) is 6.07 Å². The summed E-state index contributed by atoms with van der Waals surface area (Å²) < 4.78 is 34.0. The van der Waals surface area contributed by atoms with E-state index >= 15 is 0 Å². The molecule has 7 heteroatoms. The zero-order valence-corrected chi connectivity index (χ0v) is 13.6. The second-order valence-electron chi connectivity index (χ2n) is 5.33. The van der Waals surface area contributed by atoms with Crippen LogP contribution in [0.25, 0.3) is 5.69 Å². The Bertz CT molecular complexity index is 900. The number of nitrogens with zero attached hydrogens (tertiary/aromatic N) is 2. The number of hydrogen-bond donors (Lipinski definition) is 1. The van der Waals surface area contributed by atoms with E-state index in [2.05, 4.69) is 10.4 Å². The number of rotatable bonds is 4. The molecule has 3 rings (SSSR count). The molecule has 0 aliphatic heterocycles. The molecule has 1 amide bonds. The third-order valence-corrected chi connectivity index (χ3v) is 3.64. The molecule has 0 radical (unpaired) electrons. The molecule has 0 fully saturated rings. The largest absolute Gasteiger partial charge is 0.497 e. The number of aromatic nitrogens is 2. The number of methoxy groups -OCH3 is 1. The first-order chi connectivity index (χ1) is 12.0. The topological polar surface area (TPSA) is 56.2 Å². The first kappa shape index (κ1) is 16.6. The van der Waals surface area contributed by atoms with E-state index in [1.807, 2.05) is 0 Å². The van der Waals surface area contributed by atoms with Gasteiger partial charge in [0.15, 0.2) is 5.69 Å². The van der Waals surface area contributed by atoms with Crippen LogP contribution >= 0.6 is 0 Å². The van der Waals surface area contributed by atoms with E-state index < -0.39 is 23.2 Å². The highest BCUT2D eigenvalue weighted by molar-refractivity contribution is 6.03. The number of para-hydroxylation sites is 1. The van der Waals surface area contributed by atoms with Crippen LogP contribution in [-0.4, -0.2) is 22.8 Å². The number of carbonyl (C=O) groups is 1. The van der Waals surface area contributed by atoms with Crippen molar-refractivity contribution in [3.8, 4) is 11.4 Å². The van der Waals surface area contributed by atoms with Crippen molar-refractivity contribution in [1.82, 2.24) is 9.78 Å². The molecule has 0 aliphatic rings. The van der Waals surface area contributed by atoms with Gasteiger partial charge in [0.25, 0.3) is 5.91 Å². The zero-order valence-electron chi connectivity index (χ0n) is 13.6. The van der Waals surface area contributed by atoms with Crippen LogP contribution in [0.4, 0.5) is 14.5 Å². The maximum absolute atomic E-state index is 13.7. The Labute approximate surface area is 142 Å². The molecule has 1 N–H and O–H groups in total. The number of halogens is 2. The molecule has 5 nitrogen and oxygen atoms in total. The SMILES string of the molecule is COc1ccc(-n2nc(C(=O)Nc3c(F)cccc3F)cc2C)cc1.